The van der Waals surface area contributed by atoms with Crippen molar-refractivity contribution in [2.45, 2.75) is 20.8 Å². The minimum Gasteiger partial charge on any atom is -0.0632 e. The van der Waals surface area contributed by atoms with Crippen LogP contribution in [0, 0.1) is 5.41 Å². The highest BCUT2D eigenvalue weighted by atomic mass is 31.1. The van der Waals surface area contributed by atoms with Crippen LogP contribution in [0.3, 0.4) is 0 Å². The molecule has 0 saturated heterocycles. The third-order valence-corrected chi connectivity index (χ3v) is 4.74. The van der Waals surface area contributed by atoms with Crippen LogP contribution in [0.5, 0.6) is 0 Å². The van der Waals surface area contributed by atoms with Gasteiger partial charge in [0.15, 0.2) is 0 Å². The van der Waals surface area contributed by atoms with Crippen molar-refractivity contribution >= 4 is 13.4 Å². The minimum absolute atomic E-state index is 0.102. The largest absolute Gasteiger partial charge is 0.0632 e. The SMILES string of the molecule is CC(C)(C)C1=C(c2ccccc2)P1N=[N+]=[N-]. The van der Waals surface area contributed by atoms with E-state index in [1.807, 2.05) is 18.2 Å². The summed E-state index contributed by atoms with van der Waals surface area (Å²) in [5, 5.41) is 2.59. The molecule has 2 rings (SSSR count). The Balaban J connectivity index is 2.39. The summed E-state index contributed by atoms with van der Waals surface area (Å²) in [5.41, 5.74) is 9.87. The topological polar surface area (TPSA) is 48.8 Å². The van der Waals surface area contributed by atoms with Gasteiger partial charge in [-0.3, -0.25) is 0 Å². The predicted octanol–water partition coefficient (Wildman–Crippen LogP) is 5.12. The van der Waals surface area contributed by atoms with E-state index in [4.69, 9.17) is 5.53 Å². The molecule has 1 heterocycles. The maximum atomic E-state index is 8.57. The molecule has 0 N–H and O–H groups in total. The van der Waals surface area contributed by atoms with Gasteiger partial charge in [0, 0.05) is 13.0 Å². The monoisotopic (exact) mass is 231 g/mol. The van der Waals surface area contributed by atoms with Gasteiger partial charge in [0.1, 0.15) is 0 Å². The van der Waals surface area contributed by atoms with Crippen molar-refractivity contribution in [2.24, 2.45) is 10.3 Å². The normalized spacial score (nSPS) is 19.3. The van der Waals surface area contributed by atoms with Gasteiger partial charge in [-0.05, 0) is 27.1 Å². The molecule has 0 radical (unpaired) electrons. The Bertz CT molecular complexity index is 479. The fourth-order valence-corrected chi connectivity index (χ4v) is 4.01. The summed E-state index contributed by atoms with van der Waals surface area (Å²) >= 11 is 0. The van der Waals surface area contributed by atoms with E-state index in [0.717, 1.165) is 0 Å². The van der Waals surface area contributed by atoms with Crippen molar-refractivity contribution in [2.75, 3.05) is 0 Å². The van der Waals surface area contributed by atoms with Crippen LogP contribution in [0.4, 0.5) is 0 Å². The third-order valence-electron chi connectivity index (χ3n) is 2.48. The van der Waals surface area contributed by atoms with Gasteiger partial charge in [-0.2, -0.15) is 0 Å². The number of azide groups is 1. The number of nitrogens with zero attached hydrogens (tertiary/aromatic N) is 3. The van der Waals surface area contributed by atoms with Gasteiger partial charge in [-0.15, -0.1) is 0 Å². The van der Waals surface area contributed by atoms with Crippen LogP contribution >= 0.6 is 8.07 Å². The van der Waals surface area contributed by atoms with E-state index in [9.17, 15) is 0 Å². The molecule has 1 unspecified atom stereocenters. The van der Waals surface area contributed by atoms with Gasteiger partial charge in [0.25, 0.3) is 0 Å². The van der Waals surface area contributed by atoms with Crippen LogP contribution in [-0.4, -0.2) is 0 Å². The smallest absolute Gasteiger partial charge is 0.0466 e. The number of benzene rings is 1. The second kappa shape index (κ2) is 3.93. The standard InChI is InChI=1S/C12H14N3P/c1-12(2,3)11-10(16(11)15-14-13)9-7-5-4-6-8-9/h4-8H,1-3H3. The zero-order valence-corrected chi connectivity index (χ0v) is 10.6. The Morgan fingerprint density at radius 2 is 1.81 bits per heavy atom. The molecular formula is C12H14N3P. The Hall–Kier alpha value is -1.30. The van der Waals surface area contributed by atoms with E-state index in [-0.39, 0.29) is 5.41 Å². The maximum Gasteiger partial charge on any atom is 0.0466 e. The second-order valence-electron chi connectivity index (χ2n) is 4.80. The van der Waals surface area contributed by atoms with Crippen LogP contribution in [0.15, 0.2) is 40.5 Å². The third kappa shape index (κ3) is 1.97. The summed E-state index contributed by atoms with van der Waals surface area (Å²) in [7, 11) is -0.700. The first-order valence-electron chi connectivity index (χ1n) is 5.21. The summed E-state index contributed by atoms with van der Waals surface area (Å²) in [5.74, 6) is 0. The van der Waals surface area contributed by atoms with Crippen molar-refractivity contribution < 1.29 is 0 Å². The molecule has 0 saturated carbocycles. The van der Waals surface area contributed by atoms with Crippen molar-refractivity contribution in [3.63, 3.8) is 0 Å². The fourth-order valence-electron chi connectivity index (χ4n) is 1.81. The summed E-state index contributed by atoms with van der Waals surface area (Å²) in [6.45, 7) is 6.50. The van der Waals surface area contributed by atoms with E-state index >= 15 is 0 Å². The van der Waals surface area contributed by atoms with Crippen LogP contribution in [0.25, 0.3) is 15.8 Å². The Kier molecular flexibility index (Phi) is 2.75. The highest BCUT2D eigenvalue weighted by Gasteiger charge is 2.43. The molecule has 1 aliphatic rings. The molecule has 0 bridgehead atoms. The van der Waals surface area contributed by atoms with Gasteiger partial charge in [0.2, 0.25) is 0 Å². The highest BCUT2D eigenvalue weighted by molar-refractivity contribution is 7.80. The molecule has 0 aliphatic carbocycles. The molecule has 16 heavy (non-hydrogen) atoms. The molecule has 0 aromatic heterocycles. The van der Waals surface area contributed by atoms with Gasteiger partial charge in [-0.25, -0.2) is 0 Å². The van der Waals surface area contributed by atoms with E-state index in [2.05, 4.69) is 42.7 Å². The van der Waals surface area contributed by atoms with E-state index in [1.54, 1.807) is 0 Å². The molecule has 3 nitrogen and oxygen atoms in total. The fraction of sp³-hybridized carbons (Fsp3) is 0.333. The van der Waals surface area contributed by atoms with Gasteiger partial charge < -0.3 is 0 Å². The number of hydrogen-bond acceptors (Lipinski definition) is 1. The van der Waals surface area contributed by atoms with Crippen molar-refractivity contribution in [1.82, 2.24) is 0 Å². The molecule has 0 fully saturated rings. The quantitative estimate of drug-likeness (QED) is 0.293. The van der Waals surface area contributed by atoms with Crippen molar-refractivity contribution in [3.05, 3.63) is 51.7 Å². The van der Waals surface area contributed by atoms with Crippen LogP contribution in [0.1, 0.15) is 26.3 Å². The molecule has 1 aromatic carbocycles. The lowest BCUT2D eigenvalue weighted by Gasteiger charge is -2.13. The number of allylic oxidation sites excluding steroid dienone is 1. The first kappa shape index (κ1) is 11.2. The molecule has 1 aliphatic heterocycles. The first-order valence-corrected chi connectivity index (χ1v) is 6.50. The Morgan fingerprint density at radius 1 is 1.19 bits per heavy atom. The molecule has 0 spiro atoms. The second-order valence-corrected chi connectivity index (χ2v) is 6.50. The van der Waals surface area contributed by atoms with Gasteiger partial charge in [-0.1, -0.05) is 56.0 Å². The lowest BCUT2D eigenvalue weighted by molar-refractivity contribution is 0.539. The first-order chi connectivity index (χ1) is 7.55. The molecule has 1 atom stereocenters. The average molecular weight is 231 g/mol. The van der Waals surface area contributed by atoms with Gasteiger partial charge in [0.05, 0.1) is 0 Å². The average Bonchev–Trinajstić information content (AvgIpc) is 2.94. The summed E-state index contributed by atoms with van der Waals surface area (Å²) in [4.78, 5) is 6.86. The molecule has 4 heteroatoms. The zero-order valence-electron chi connectivity index (χ0n) is 9.68. The molecule has 1 aromatic rings. The van der Waals surface area contributed by atoms with E-state index in [1.165, 1.54) is 16.2 Å². The summed E-state index contributed by atoms with van der Waals surface area (Å²) in [6, 6.07) is 10.2. The lowest BCUT2D eigenvalue weighted by atomic mass is 9.95. The van der Waals surface area contributed by atoms with E-state index < -0.39 is 8.07 Å². The summed E-state index contributed by atoms with van der Waals surface area (Å²) < 4.78 is 0. The number of rotatable bonds is 2. The van der Waals surface area contributed by atoms with Crippen LogP contribution < -0.4 is 0 Å². The van der Waals surface area contributed by atoms with E-state index in [0.29, 0.717) is 0 Å². The van der Waals surface area contributed by atoms with Crippen molar-refractivity contribution in [1.29, 1.82) is 0 Å². The van der Waals surface area contributed by atoms with Crippen LogP contribution in [0.2, 0.25) is 0 Å². The molecular weight excluding hydrogens is 217 g/mol. The predicted molar refractivity (Wildman–Crippen MR) is 68.9 cm³/mol. The van der Waals surface area contributed by atoms with Gasteiger partial charge >= 0.3 is 0 Å². The lowest BCUT2D eigenvalue weighted by Crippen LogP contribution is -2.00. The number of hydrogen-bond donors (Lipinski definition) is 0. The summed E-state index contributed by atoms with van der Waals surface area (Å²) in [6.07, 6.45) is 0. The highest BCUT2D eigenvalue weighted by Crippen LogP contribution is 2.79. The van der Waals surface area contributed by atoms with Crippen molar-refractivity contribution in [3.8, 4) is 0 Å². The molecule has 82 valence electrons. The van der Waals surface area contributed by atoms with Crippen LogP contribution in [-0.2, 0) is 0 Å². The molecule has 0 amide bonds. The Labute approximate surface area is 96.6 Å². The minimum atomic E-state index is -0.700. The Morgan fingerprint density at radius 3 is 2.31 bits per heavy atom. The maximum absolute atomic E-state index is 8.57. The zero-order chi connectivity index (χ0) is 11.8.